The second-order valence-corrected chi connectivity index (χ2v) is 4.09. The summed E-state index contributed by atoms with van der Waals surface area (Å²) >= 11 is 5.61. The molecular weight excluding hydrogens is 276 g/mol. The van der Waals surface area contributed by atoms with Crippen LogP contribution in [0, 0.1) is 11.6 Å². The maximum atomic E-state index is 13.7. The van der Waals surface area contributed by atoms with Crippen LogP contribution in [0.15, 0.2) is 30.3 Å². The Kier molecular flexibility index (Phi) is 3.76. The molecule has 0 atom stereocenters. The Morgan fingerprint density at radius 3 is 2.53 bits per heavy atom. The monoisotopic (exact) mass is 285 g/mol. The van der Waals surface area contributed by atoms with Crippen LogP contribution in [0.5, 0.6) is 17.2 Å². The minimum Gasteiger partial charge on any atom is -0.494 e. The van der Waals surface area contributed by atoms with Gasteiger partial charge < -0.3 is 15.2 Å². The summed E-state index contributed by atoms with van der Waals surface area (Å²) in [7, 11) is 1.38. The lowest BCUT2D eigenvalue weighted by molar-refractivity contribution is 0.394. The number of hydrogen-bond donors (Lipinski definition) is 1. The molecule has 0 aliphatic rings. The number of nitrogens with two attached hydrogens (primary N) is 1. The van der Waals surface area contributed by atoms with Crippen molar-refractivity contribution in [3.8, 4) is 17.2 Å². The highest BCUT2D eigenvalue weighted by Crippen LogP contribution is 2.34. The highest BCUT2D eigenvalue weighted by atomic mass is 35.5. The molecule has 0 saturated carbocycles. The molecule has 2 aromatic carbocycles. The van der Waals surface area contributed by atoms with Crippen molar-refractivity contribution in [1.29, 1.82) is 0 Å². The van der Waals surface area contributed by atoms with E-state index in [1.54, 1.807) is 0 Å². The standard InChI is InChI=1S/C13H10ClF2NO2/c1-18-12-6-11(8(15)5-9(12)17)19-10-4-2-3-7(14)13(10)16/h2-6H,17H2,1H3. The summed E-state index contributed by atoms with van der Waals surface area (Å²) in [6.07, 6.45) is 0. The molecule has 0 fully saturated rings. The smallest absolute Gasteiger partial charge is 0.184 e. The summed E-state index contributed by atoms with van der Waals surface area (Å²) in [5.41, 5.74) is 5.66. The molecule has 0 amide bonds. The molecule has 6 heteroatoms. The number of rotatable bonds is 3. The molecule has 0 aromatic heterocycles. The van der Waals surface area contributed by atoms with Gasteiger partial charge in [-0.2, -0.15) is 0 Å². The van der Waals surface area contributed by atoms with Crippen LogP contribution in [0.25, 0.3) is 0 Å². The molecule has 3 nitrogen and oxygen atoms in total. The van der Waals surface area contributed by atoms with Crippen LogP contribution in [0.3, 0.4) is 0 Å². The Labute approximate surface area is 113 Å². The lowest BCUT2D eigenvalue weighted by Crippen LogP contribution is -1.97. The fraction of sp³-hybridized carbons (Fsp3) is 0.0769. The van der Waals surface area contributed by atoms with Gasteiger partial charge in [0, 0.05) is 12.1 Å². The first-order chi connectivity index (χ1) is 9.02. The van der Waals surface area contributed by atoms with Crippen molar-refractivity contribution in [2.45, 2.75) is 0 Å². The minimum atomic E-state index is -0.764. The van der Waals surface area contributed by atoms with Crippen molar-refractivity contribution in [3.63, 3.8) is 0 Å². The summed E-state index contributed by atoms with van der Waals surface area (Å²) in [4.78, 5) is 0. The van der Waals surface area contributed by atoms with Crippen LogP contribution < -0.4 is 15.2 Å². The van der Waals surface area contributed by atoms with Crippen molar-refractivity contribution in [1.82, 2.24) is 0 Å². The van der Waals surface area contributed by atoms with Crippen molar-refractivity contribution >= 4 is 17.3 Å². The van der Waals surface area contributed by atoms with Crippen LogP contribution in [0.4, 0.5) is 14.5 Å². The lowest BCUT2D eigenvalue weighted by atomic mass is 10.2. The summed E-state index contributed by atoms with van der Waals surface area (Å²) in [6, 6.07) is 6.47. The first-order valence-corrected chi connectivity index (χ1v) is 5.65. The SMILES string of the molecule is COc1cc(Oc2cccc(Cl)c2F)c(F)cc1N. The minimum absolute atomic E-state index is 0.111. The van der Waals surface area contributed by atoms with Gasteiger partial charge >= 0.3 is 0 Å². The van der Waals surface area contributed by atoms with Gasteiger partial charge in [-0.25, -0.2) is 8.78 Å². The average Bonchev–Trinajstić information content (AvgIpc) is 2.38. The van der Waals surface area contributed by atoms with Gasteiger partial charge in [0.05, 0.1) is 17.8 Å². The third-order valence-corrected chi connectivity index (χ3v) is 2.71. The average molecular weight is 286 g/mol. The van der Waals surface area contributed by atoms with Gasteiger partial charge in [0.25, 0.3) is 0 Å². The molecule has 0 aliphatic carbocycles. The molecule has 0 saturated heterocycles. The van der Waals surface area contributed by atoms with Gasteiger partial charge in [-0.15, -0.1) is 0 Å². The van der Waals surface area contributed by atoms with Gasteiger partial charge in [-0.1, -0.05) is 17.7 Å². The highest BCUT2D eigenvalue weighted by molar-refractivity contribution is 6.30. The molecule has 2 N–H and O–H groups in total. The van der Waals surface area contributed by atoms with E-state index in [0.717, 1.165) is 6.07 Å². The summed E-state index contributed by atoms with van der Waals surface area (Å²) < 4.78 is 37.4. The van der Waals surface area contributed by atoms with Gasteiger partial charge in [-0.3, -0.25) is 0 Å². The summed E-state index contributed by atoms with van der Waals surface area (Å²) in [5.74, 6) is -1.64. The van der Waals surface area contributed by atoms with E-state index in [-0.39, 0.29) is 28.0 Å². The van der Waals surface area contributed by atoms with E-state index in [9.17, 15) is 8.78 Å². The van der Waals surface area contributed by atoms with E-state index in [1.807, 2.05) is 0 Å². The lowest BCUT2D eigenvalue weighted by Gasteiger charge is -2.11. The number of anilines is 1. The third kappa shape index (κ3) is 2.71. The van der Waals surface area contributed by atoms with Gasteiger partial charge in [-0.05, 0) is 12.1 Å². The number of hydrogen-bond acceptors (Lipinski definition) is 3. The Morgan fingerprint density at radius 1 is 1.11 bits per heavy atom. The second-order valence-electron chi connectivity index (χ2n) is 3.68. The topological polar surface area (TPSA) is 44.5 Å². The van der Waals surface area contributed by atoms with Crippen LogP contribution in [-0.2, 0) is 0 Å². The van der Waals surface area contributed by atoms with Crippen molar-refractivity contribution in [2.75, 3.05) is 12.8 Å². The third-order valence-electron chi connectivity index (χ3n) is 2.42. The van der Waals surface area contributed by atoms with Gasteiger partial charge in [0.1, 0.15) is 5.75 Å². The number of benzene rings is 2. The van der Waals surface area contributed by atoms with Crippen LogP contribution >= 0.6 is 11.6 Å². The van der Waals surface area contributed by atoms with Crippen molar-refractivity contribution in [2.24, 2.45) is 0 Å². The van der Waals surface area contributed by atoms with E-state index in [4.69, 9.17) is 26.8 Å². The Morgan fingerprint density at radius 2 is 1.84 bits per heavy atom. The van der Waals surface area contributed by atoms with Crippen LogP contribution in [0.1, 0.15) is 0 Å². The summed E-state index contributed by atoms with van der Waals surface area (Å²) in [5, 5.41) is -0.111. The molecule has 19 heavy (non-hydrogen) atoms. The maximum absolute atomic E-state index is 13.7. The molecule has 2 aromatic rings. The molecular formula is C13H10ClF2NO2. The normalized spacial score (nSPS) is 10.3. The maximum Gasteiger partial charge on any atom is 0.184 e. The first-order valence-electron chi connectivity index (χ1n) is 5.27. The second kappa shape index (κ2) is 5.32. The van der Waals surface area contributed by atoms with Gasteiger partial charge in [0.15, 0.2) is 23.1 Å². The zero-order valence-electron chi connectivity index (χ0n) is 9.91. The Hall–Kier alpha value is -2.01. The first kappa shape index (κ1) is 13.4. The van der Waals surface area contributed by atoms with E-state index < -0.39 is 11.6 Å². The van der Waals surface area contributed by atoms with Crippen molar-refractivity contribution in [3.05, 3.63) is 47.0 Å². The fourth-order valence-electron chi connectivity index (χ4n) is 1.49. The van der Waals surface area contributed by atoms with Crippen molar-refractivity contribution < 1.29 is 18.3 Å². The van der Waals surface area contributed by atoms with E-state index >= 15 is 0 Å². The number of halogens is 3. The molecule has 0 bridgehead atoms. The molecule has 0 heterocycles. The van der Waals surface area contributed by atoms with Crippen LogP contribution in [0.2, 0.25) is 5.02 Å². The van der Waals surface area contributed by atoms with E-state index in [1.165, 1.54) is 31.4 Å². The molecule has 0 spiro atoms. The molecule has 0 radical (unpaired) electrons. The highest BCUT2D eigenvalue weighted by Gasteiger charge is 2.14. The fourth-order valence-corrected chi connectivity index (χ4v) is 1.65. The zero-order valence-corrected chi connectivity index (χ0v) is 10.7. The molecule has 100 valence electrons. The molecule has 2 rings (SSSR count). The predicted molar refractivity (Wildman–Crippen MR) is 68.8 cm³/mol. The van der Waals surface area contributed by atoms with Gasteiger partial charge in [0.2, 0.25) is 0 Å². The number of ether oxygens (including phenoxy) is 2. The summed E-state index contributed by atoms with van der Waals surface area (Å²) in [6.45, 7) is 0. The van der Waals surface area contributed by atoms with E-state index in [0.29, 0.717) is 0 Å². The Balaban J connectivity index is 2.41. The molecule has 0 aliphatic heterocycles. The van der Waals surface area contributed by atoms with E-state index in [2.05, 4.69) is 0 Å². The zero-order chi connectivity index (χ0) is 14.0. The van der Waals surface area contributed by atoms with Crippen LogP contribution in [-0.4, -0.2) is 7.11 Å². The largest absolute Gasteiger partial charge is 0.494 e. The quantitative estimate of drug-likeness (QED) is 0.867. The number of nitrogen functional groups attached to an aromatic ring is 1. The predicted octanol–water partition coefficient (Wildman–Crippen LogP) is 4.00. The number of methoxy groups -OCH3 is 1. The Bertz CT molecular complexity index is 620. The molecule has 0 unspecified atom stereocenters.